The molecular formula is C18H24BFN2O2. The molecule has 0 aliphatic carbocycles. The van der Waals surface area contributed by atoms with Crippen LogP contribution in [0.25, 0.3) is 11.0 Å². The number of aryl methyl sites for hydroxylation is 1. The van der Waals surface area contributed by atoms with Crippen LogP contribution < -0.4 is 5.46 Å². The summed E-state index contributed by atoms with van der Waals surface area (Å²) in [6.07, 6.45) is 3.11. The van der Waals surface area contributed by atoms with Crippen molar-refractivity contribution in [1.82, 2.24) is 9.55 Å². The second-order valence-corrected chi connectivity index (χ2v) is 8.10. The van der Waals surface area contributed by atoms with Crippen molar-refractivity contribution < 1.29 is 13.7 Å². The normalized spacial score (nSPS) is 25.2. The van der Waals surface area contributed by atoms with Gasteiger partial charge < -0.3 is 13.9 Å². The van der Waals surface area contributed by atoms with E-state index in [0.29, 0.717) is 11.6 Å². The lowest BCUT2D eigenvalue weighted by Gasteiger charge is -2.32. The predicted octanol–water partition coefficient (Wildman–Crippen LogP) is 3.37. The summed E-state index contributed by atoms with van der Waals surface area (Å²) in [5, 5.41) is 0. The Bertz CT molecular complexity index is 799. The maximum absolute atomic E-state index is 14.7. The van der Waals surface area contributed by atoms with E-state index in [1.54, 1.807) is 0 Å². The quantitative estimate of drug-likeness (QED) is 0.752. The number of halogens is 1. The van der Waals surface area contributed by atoms with Gasteiger partial charge in [-0.3, -0.25) is 0 Å². The summed E-state index contributed by atoms with van der Waals surface area (Å²) in [5.41, 5.74) is 1.15. The van der Waals surface area contributed by atoms with Crippen LogP contribution in [0.4, 0.5) is 4.39 Å². The third-order valence-electron chi connectivity index (χ3n) is 5.83. The van der Waals surface area contributed by atoms with E-state index in [2.05, 4.69) is 16.5 Å². The molecule has 0 N–H and O–H groups in total. The van der Waals surface area contributed by atoms with Crippen LogP contribution in [0.3, 0.4) is 0 Å². The van der Waals surface area contributed by atoms with Gasteiger partial charge in [-0.2, -0.15) is 0 Å². The highest BCUT2D eigenvalue weighted by Crippen LogP contribution is 2.37. The molecule has 3 heterocycles. The van der Waals surface area contributed by atoms with E-state index >= 15 is 0 Å². The topological polar surface area (TPSA) is 36.3 Å². The van der Waals surface area contributed by atoms with Crippen molar-refractivity contribution in [3.8, 4) is 0 Å². The molecule has 6 heteroatoms. The predicted molar refractivity (Wildman–Crippen MR) is 93.1 cm³/mol. The lowest BCUT2D eigenvalue weighted by molar-refractivity contribution is 0.00578. The number of nitrogens with zero attached hydrogens (tertiary/aromatic N) is 2. The summed E-state index contributed by atoms with van der Waals surface area (Å²) < 4.78 is 29.1. The molecule has 0 amide bonds. The van der Waals surface area contributed by atoms with Crippen molar-refractivity contribution in [1.29, 1.82) is 0 Å². The minimum atomic E-state index is -0.557. The first-order chi connectivity index (χ1) is 11.2. The number of imidazole rings is 1. The number of hydrogen-bond donors (Lipinski definition) is 0. The highest BCUT2D eigenvalue weighted by molar-refractivity contribution is 6.62. The molecule has 0 bridgehead atoms. The van der Waals surface area contributed by atoms with Crippen molar-refractivity contribution in [3.05, 3.63) is 23.8 Å². The van der Waals surface area contributed by atoms with E-state index in [1.165, 1.54) is 6.07 Å². The van der Waals surface area contributed by atoms with E-state index in [0.717, 1.165) is 36.1 Å². The summed E-state index contributed by atoms with van der Waals surface area (Å²) in [7, 11) is -0.557. The van der Waals surface area contributed by atoms with Gasteiger partial charge >= 0.3 is 7.12 Å². The van der Waals surface area contributed by atoms with Gasteiger partial charge in [0.15, 0.2) is 5.82 Å². The van der Waals surface area contributed by atoms with Crippen LogP contribution in [0.2, 0.25) is 0 Å². The fraction of sp³-hybridized carbons (Fsp3) is 0.611. The molecule has 4 rings (SSSR count). The smallest absolute Gasteiger partial charge is 0.399 e. The van der Waals surface area contributed by atoms with E-state index in [1.807, 2.05) is 33.8 Å². The number of rotatable bonds is 1. The van der Waals surface area contributed by atoms with Crippen LogP contribution in [0, 0.1) is 5.82 Å². The highest BCUT2D eigenvalue weighted by atomic mass is 19.1. The van der Waals surface area contributed by atoms with Gasteiger partial charge in [-0.15, -0.1) is 0 Å². The number of aromatic nitrogens is 2. The zero-order valence-electron chi connectivity index (χ0n) is 15.0. The van der Waals surface area contributed by atoms with Gasteiger partial charge in [0.2, 0.25) is 0 Å². The maximum Gasteiger partial charge on any atom is 0.495 e. The molecule has 4 nitrogen and oxygen atoms in total. The molecule has 1 atom stereocenters. The Morgan fingerprint density at radius 1 is 1.21 bits per heavy atom. The summed E-state index contributed by atoms with van der Waals surface area (Å²) in [6.45, 7) is 10.2. The van der Waals surface area contributed by atoms with Gasteiger partial charge in [0, 0.05) is 12.5 Å². The van der Waals surface area contributed by atoms with Gasteiger partial charge in [0.25, 0.3) is 0 Å². The maximum atomic E-state index is 14.7. The molecule has 2 aliphatic rings. The van der Waals surface area contributed by atoms with Crippen LogP contribution in [-0.4, -0.2) is 27.9 Å². The zero-order chi connectivity index (χ0) is 17.3. The van der Waals surface area contributed by atoms with Gasteiger partial charge in [-0.25, -0.2) is 9.37 Å². The van der Waals surface area contributed by atoms with Gasteiger partial charge in [0.05, 0.1) is 16.7 Å². The van der Waals surface area contributed by atoms with Crippen molar-refractivity contribution in [3.63, 3.8) is 0 Å². The van der Waals surface area contributed by atoms with Crippen molar-refractivity contribution in [2.45, 2.75) is 71.1 Å². The minimum absolute atomic E-state index is 0.300. The molecule has 0 radical (unpaired) electrons. The lowest BCUT2D eigenvalue weighted by Crippen LogP contribution is -2.41. The van der Waals surface area contributed by atoms with Crippen molar-refractivity contribution in [2.24, 2.45) is 0 Å². The molecule has 2 aliphatic heterocycles. The summed E-state index contributed by atoms with van der Waals surface area (Å²) in [4.78, 5) is 4.53. The summed E-state index contributed by atoms with van der Waals surface area (Å²) >= 11 is 0. The van der Waals surface area contributed by atoms with Gasteiger partial charge in [0.1, 0.15) is 11.3 Å². The molecule has 0 saturated carbocycles. The summed E-state index contributed by atoms with van der Waals surface area (Å²) in [5.74, 6) is 0.681. The van der Waals surface area contributed by atoms with Crippen LogP contribution in [-0.2, 0) is 15.7 Å². The van der Waals surface area contributed by atoms with Gasteiger partial charge in [-0.05, 0) is 65.1 Å². The number of fused-ring (bicyclic) bond motifs is 3. The minimum Gasteiger partial charge on any atom is -0.399 e. The second-order valence-electron chi connectivity index (χ2n) is 8.10. The molecule has 1 aromatic carbocycles. The third kappa shape index (κ3) is 2.23. The first kappa shape index (κ1) is 16.1. The van der Waals surface area contributed by atoms with E-state index in [9.17, 15) is 4.39 Å². The van der Waals surface area contributed by atoms with Crippen molar-refractivity contribution >= 4 is 23.6 Å². The molecule has 0 spiro atoms. The molecule has 24 heavy (non-hydrogen) atoms. The first-order valence-electron chi connectivity index (χ1n) is 8.75. The Balaban J connectivity index is 1.83. The third-order valence-corrected chi connectivity index (χ3v) is 5.83. The largest absolute Gasteiger partial charge is 0.495 e. The van der Waals surface area contributed by atoms with Crippen LogP contribution >= 0.6 is 0 Å². The molecular weight excluding hydrogens is 306 g/mol. The fourth-order valence-corrected chi connectivity index (χ4v) is 3.69. The Hall–Kier alpha value is -1.40. The average molecular weight is 330 g/mol. The van der Waals surface area contributed by atoms with Crippen LogP contribution in [0.15, 0.2) is 12.1 Å². The fourth-order valence-electron chi connectivity index (χ4n) is 3.69. The van der Waals surface area contributed by atoms with Gasteiger partial charge in [-0.1, -0.05) is 0 Å². The summed E-state index contributed by atoms with van der Waals surface area (Å²) in [6, 6.07) is 3.83. The molecule has 2 aromatic rings. The number of hydrogen-bond acceptors (Lipinski definition) is 3. The van der Waals surface area contributed by atoms with E-state index < -0.39 is 18.3 Å². The zero-order valence-corrected chi connectivity index (χ0v) is 15.0. The monoisotopic (exact) mass is 330 g/mol. The Labute approximate surface area is 142 Å². The highest BCUT2D eigenvalue weighted by Gasteiger charge is 2.52. The standard InChI is InChI=1S/C18H24BFN2O2/c1-11-7-6-8-15-21-16-13(20)9-12(10-14(16)22(11)15)19-23-17(2,3)18(4,5)24-19/h9-11H,6-8H2,1-5H3. The van der Waals surface area contributed by atoms with Crippen LogP contribution in [0.1, 0.15) is 59.3 Å². The second kappa shape index (κ2) is 5.05. The molecule has 1 fully saturated rings. The SMILES string of the molecule is CC1CCCc2nc3c(F)cc(B4OC(C)(C)C(C)(C)O4)cc3n21. The number of benzene rings is 1. The molecule has 128 valence electrons. The molecule has 1 unspecified atom stereocenters. The first-order valence-corrected chi connectivity index (χ1v) is 8.75. The Kier molecular flexibility index (Phi) is 3.39. The Morgan fingerprint density at radius 2 is 1.88 bits per heavy atom. The van der Waals surface area contributed by atoms with E-state index in [4.69, 9.17) is 9.31 Å². The average Bonchev–Trinajstić information content (AvgIpc) is 2.95. The lowest BCUT2D eigenvalue weighted by atomic mass is 9.79. The van der Waals surface area contributed by atoms with Crippen molar-refractivity contribution in [2.75, 3.05) is 0 Å². The molecule has 1 aromatic heterocycles. The molecule has 1 saturated heterocycles. The Morgan fingerprint density at radius 3 is 2.54 bits per heavy atom. The van der Waals surface area contributed by atoms with E-state index in [-0.39, 0.29) is 5.82 Å². The van der Waals surface area contributed by atoms with Crippen LogP contribution in [0.5, 0.6) is 0 Å².